The molecular weight excluding hydrogens is 462 g/mol. The summed E-state index contributed by atoms with van der Waals surface area (Å²) in [5.74, 6) is 1.23. The fourth-order valence-corrected chi connectivity index (χ4v) is 5.54. The summed E-state index contributed by atoms with van der Waals surface area (Å²) in [5.41, 5.74) is 1.91. The van der Waals surface area contributed by atoms with Crippen molar-refractivity contribution in [1.29, 1.82) is 0 Å². The van der Waals surface area contributed by atoms with Gasteiger partial charge in [0.25, 0.3) is 5.91 Å². The second kappa shape index (κ2) is 9.01. The molecule has 0 saturated carbocycles. The first kappa shape index (κ1) is 21.6. The van der Waals surface area contributed by atoms with Crippen LogP contribution in [0.5, 0.6) is 11.5 Å². The molecule has 1 atom stereocenters. The molecule has 4 aromatic rings. The van der Waals surface area contributed by atoms with E-state index in [1.165, 1.54) is 11.3 Å². The van der Waals surface area contributed by atoms with E-state index >= 15 is 0 Å². The van der Waals surface area contributed by atoms with Crippen molar-refractivity contribution in [3.63, 3.8) is 0 Å². The van der Waals surface area contributed by atoms with Crippen molar-refractivity contribution in [2.75, 3.05) is 23.3 Å². The van der Waals surface area contributed by atoms with Gasteiger partial charge in [-0.1, -0.05) is 18.2 Å². The Bertz CT molecular complexity index is 1400. The van der Waals surface area contributed by atoms with Crippen molar-refractivity contribution in [3.8, 4) is 11.5 Å². The fourth-order valence-electron chi connectivity index (χ4n) is 4.51. The molecule has 6 rings (SSSR count). The van der Waals surface area contributed by atoms with Crippen molar-refractivity contribution in [1.82, 2.24) is 15.6 Å². The van der Waals surface area contributed by atoms with Gasteiger partial charge in [0.15, 0.2) is 0 Å². The highest BCUT2D eigenvalue weighted by Gasteiger charge is 2.33. The lowest BCUT2D eigenvalue weighted by atomic mass is 10.1. The van der Waals surface area contributed by atoms with Gasteiger partial charge in [-0.2, -0.15) is 0 Å². The molecule has 2 aliphatic rings. The predicted octanol–water partition coefficient (Wildman–Crippen LogP) is 5.25. The molecule has 0 bridgehead atoms. The number of rotatable bonds is 5. The lowest BCUT2D eigenvalue weighted by molar-refractivity contribution is 0.0935. The van der Waals surface area contributed by atoms with E-state index < -0.39 is 0 Å². The number of piperidine rings is 1. The Morgan fingerprint density at radius 2 is 1.89 bits per heavy atom. The summed E-state index contributed by atoms with van der Waals surface area (Å²) in [4.78, 5) is 33.6. The number of anilines is 3. The number of nitrogens with one attached hydrogen (secondary N) is 3. The van der Waals surface area contributed by atoms with Crippen molar-refractivity contribution in [2.45, 2.75) is 18.9 Å². The van der Waals surface area contributed by atoms with Gasteiger partial charge in [-0.15, -0.1) is 11.3 Å². The Morgan fingerprint density at radius 1 is 1.09 bits per heavy atom. The smallest absolute Gasteiger partial charge is 0.331 e. The minimum absolute atomic E-state index is 0.0773. The lowest BCUT2D eigenvalue weighted by Gasteiger charge is -2.28. The van der Waals surface area contributed by atoms with E-state index in [9.17, 15) is 9.59 Å². The number of carbonyl (C=O) groups is 2. The van der Waals surface area contributed by atoms with Crippen LogP contribution in [0, 0.1) is 0 Å². The topological polar surface area (TPSA) is 95.6 Å². The van der Waals surface area contributed by atoms with Crippen molar-refractivity contribution in [3.05, 3.63) is 71.7 Å². The maximum Gasteiger partial charge on any atom is 0.331 e. The summed E-state index contributed by atoms with van der Waals surface area (Å²) in [6, 6.07) is 18.4. The zero-order valence-corrected chi connectivity index (χ0v) is 19.6. The van der Waals surface area contributed by atoms with E-state index in [4.69, 9.17) is 4.74 Å². The zero-order valence-electron chi connectivity index (χ0n) is 18.8. The largest absolute Gasteiger partial charge is 0.457 e. The van der Waals surface area contributed by atoms with Gasteiger partial charge in [-0.05, 0) is 61.9 Å². The van der Waals surface area contributed by atoms with Gasteiger partial charge in [-0.25, -0.2) is 9.78 Å². The number of hydrogen-bond donors (Lipinski definition) is 3. The predicted molar refractivity (Wildman–Crippen MR) is 137 cm³/mol. The average Bonchev–Trinajstić information content (AvgIpc) is 3.26. The van der Waals surface area contributed by atoms with Gasteiger partial charge in [-0.3, -0.25) is 9.69 Å². The lowest BCUT2D eigenvalue weighted by Crippen LogP contribution is -2.45. The zero-order chi connectivity index (χ0) is 23.8. The molecule has 8 nitrogen and oxygen atoms in total. The molecule has 3 amide bonds. The maximum atomic E-state index is 13.3. The average molecular weight is 486 g/mol. The first-order chi connectivity index (χ1) is 17.2. The first-order valence-corrected chi connectivity index (χ1v) is 12.4. The van der Waals surface area contributed by atoms with Crippen LogP contribution in [0.15, 0.2) is 66.9 Å². The van der Waals surface area contributed by atoms with E-state index in [2.05, 4.69) is 20.9 Å². The highest BCUT2D eigenvalue weighted by Crippen LogP contribution is 2.45. The Hall–Kier alpha value is -3.95. The van der Waals surface area contributed by atoms with Crippen LogP contribution in [-0.2, 0) is 0 Å². The minimum atomic E-state index is -0.325. The highest BCUT2D eigenvalue weighted by molar-refractivity contribution is 7.21. The molecule has 9 heteroatoms. The molecule has 0 spiro atoms. The summed E-state index contributed by atoms with van der Waals surface area (Å²) < 4.78 is 5.88. The quantitative estimate of drug-likeness (QED) is 0.359. The molecule has 2 aromatic heterocycles. The molecule has 0 unspecified atom stereocenters. The van der Waals surface area contributed by atoms with Crippen LogP contribution in [0.25, 0.3) is 10.2 Å². The van der Waals surface area contributed by atoms with Crippen LogP contribution < -0.4 is 25.6 Å². The maximum absolute atomic E-state index is 13.3. The number of benzene rings is 2. The summed E-state index contributed by atoms with van der Waals surface area (Å²) >= 11 is 1.30. The standard InChI is InChI=1S/C26H23N5O3S/c32-24(29-16-5-4-13-27-15-16)23-22-21-20(12-14-28-25(21)35-23)31(26(33)30-22)17-8-10-19(11-9-17)34-18-6-2-1-3-7-18/h1-3,6-12,14,16,27H,4-5,13,15H2,(H,29,32)(H,30,33)/t16-/m0/s1. The molecule has 35 heavy (non-hydrogen) atoms. The number of thiophene rings is 1. The van der Waals surface area contributed by atoms with Crippen molar-refractivity contribution >= 4 is 50.6 Å². The third-order valence-corrected chi connectivity index (χ3v) is 7.25. The Labute approximate surface area is 205 Å². The molecule has 4 heterocycles. The van der Waals surface area contributed by atoms with Crippen LogP contribution in [0.3, 0.4) is 0 Å². The number of hydrogen-bond acceptors (Lipinski definition) is 6. The van der Waals surface area contributed by atoms with E-state index in [-0.39, 0.29) is 18.0 Å². The van der Waals surface area contributed by atoms with Crippen LogP contribution in [0.1, 0.15) is 22.5 Å². The highest BCUT2D eigenvalue weighted by atomic mass is 32.1. The molecule has 2 aromatic carbocycles. The number of ether oxygens (including phenoxy) is 1. The Morgan fingerprint density at radius 3 is 2.66 bits per heavy atom. The van der Waals surface area contributed by atoms with Crippen LogP contribution in [0.2, 0.25) is 0 Å². The number of pyridine rings is 1. The number of urea groups is 1. The third kappa shape index (κ3) is 4.09. The van der Waals surface area contributed by atoms with Gasteiger partial charge >= 0.3 is 6.03 Å². The molecule has 176 valence electrons. The van der Waals surface area contributed by atoms with Crippen molar-refractivity contribution < 1.29 is 14.3 Å². The second-order valence-corrected chi connectivity index (χ2v) is 9.51. The Balaban J connectivity index is 1.31. The van der Waals surface area contributed by atoms with Gasteiger partial charge in [0.05, 0.1) is 22.4 Å². The monoisotopic (exact) mass is 485 g/mol. The number of carbonyl (C=O) groups excluding carboxylic acids is 2. The van der Waals surface area contributed by atoms with E-state index in [1.54, 1.807) is 17.2 Å². The molecule has 0 radical (unpaired) electrons. The summed E-state index contributed by atoms with van der Waals surface area (Å²) in [7, 11) is 0. The first-order valence-electron chi connectivity index (χ1n) is 11.5. The number of aromatic nitrogens is 1. The van der Waals surface area contributed by atoms with E-state index in [0.717, 1.165) is 37.1 Å². The van der Waals surface area contributed by atoms with Crippen LogP contribution in [0.4, 0.5) is 21.9 Å². The molecule has 1 saturated heterocycles. The molecular formula is C26H23N5O3S. The fraction of sp³-hybridized carbons (Fsp3) is 0.192. The summed E-state index contributed by atoms with van der Waals surface area (Å²) in [5, 5.41) is 10.1. The SMILES string of the molecule is O=C(N[C@H]1CCCNC1)c1sc2nccc3c2c1NC(=O)N3c1ccc(Oc2ccccc2)cc1. The van der Waals surface area contributed by atoms with Crippen LogP contribution in [-0.4, -0.2) is 36.1 Å². The minimum Gasteiger partial charge on any atom is -0.457 e. The summed E-state index contributed by atoms with van der Waals surface area (Å²) in [6.07, 6.45) is 3.63. The second-order valence-electron chi connectivity index (χ2n) is 8.51. The molecule has 2 aliphatic heterocycles. The Kier molecular flexibility index (Phi) is 5.55. The van der Waals surface area contributed by atoms with E-state index in [1.807, 2.05) is 54.6 Å². The number of para-hydroxylation sites is 1. The van der Waals surface area contributed by atoms with Crippen LogP contribution >= 0.6 is 11.3 Å². The normalized spacial score (nSPS) is 17.2. The molecule has 0 aliphatic carbocycles. The third-order valence-electron chi connectivity index (χ3n) is 6.16. The molecule has 1 fully saturated rings. The van der Waals surface area contributed by atoms with Gasteiger partial charge < -0.3 is 20.7 Å². The van der Waals surface area contributed by atoms with Gasteiger partial charge in [0.1, 0.15) is 21.2 Å². The number of amides is 3. The van der Waals surface area contributed by atoms with Gasteiger partial charge in [0.2, 0.25) is 0 Å². The summed E-state index contributed by atoms with van der Waals surface area (Å²) in [6.45, 7) is 1.72. The number of nitrogens with zero attached hydrogens (tertiary/aromatic N) is 2. The van der Waals surface area contributed by atoms with Crippen molar-refractivity contribution in [2.24, 2.45) is 0 Å². The molecule has 3 N–H and O–H groups in total. The van der Waals surface area contributed by atoms with E-state index in [0.29, 0.717) is 32.5 Å². The van der Waals surface area contributed by atoms with Gasteiger partial charge in [0, 0.05) is 18.8 Å².